The SMILES string of the molecule is O=C(NC(=O)c1ccc(Cl)cc1Cl)Nc1cccc(O)c1. The second-order valence-electron chi connectivity index (χ2n) is 4.08. The maximum absolute atomic E-state index is 11.9. The van der Waals surface area contributed by atoms with Gasteiger partial charge in [-0.1, -0.05) is 29.3 Å². The van der Waals surface area contributed by atoms with E-state index in [0.717, 1.165) is 0 Å². The molecule has 2 rings (SSSR count). The van der Waals surface area contributed by atoms with Crippen LogP contribution >= 0.6 is 23.2 Å². The Bertz CT molecular complexity index is 704. The number of anilines is 1. The van der Waals surface area contributed by atoms with Crippen LogP contribution in [-0.4, -0.2) is 17.0 Å². The van der Waals surface area contributed by atoms with Crippen LogP contribution in [0, 0.1) is 0 Å². The van der Waals surface area contributed by atoms with Gasteiger partial charge in [-0.05, 0) is 30.3 Å². The summed E-state index contributed by atoms with van der Waals surface area (Å²) >= 11 is 11.6. The molecule has 0 aliphatic carbocycles. The molecule has 0 bridgehead atoms. The normalized spacial score (nSPS) is 10.0. The van der Waals surface area contributed by atoms with Gasteiger partial charge in [-0.2, -0.15) is 0 Å². The van der Waals surface area contributed by atoms with Gasteiger partial charge in [-0.3, -0.25) is 10.1 Å². The van der Waals surface area contributed by atoms with Crippen LogP contribution in [0.25, 0.3) is 0 Å². The van der Waals surface area contributed by atoms with Crippen LogP contribution in [0.5, 0.6) is 5.75 Å². The number of benzene rings is 2. The molecule has 0 saturated carbocycles. The Hall–Kier alpha value is -2.24. The number of imide groups is 1. The molecule has 0 aliphatic heterocycles. The van der Waals surface area contributed by atoms with Crippen LogP contribution in [0.2, 0.25) is 10.0 Å². The van der Waals surface area contributed by atoms with Gasteiger partial charge in [0.2, 0.25) is 0 Å². The summed E-state index contributed by atoms with van der Waals surface area (Å²) in [6.07, 6.45) is 0. The van der Waals surface area contributed by atoms with Crippen molar-refractivity contribution in [3.63, 3.8) is 0 Å². The largest absolute Gasteiger partial charge is 0.508 e. The summed E-state index contributed by atoms with van der Waals surface area (Å²) in [4.78, 5) is 23.6. The maximum atomic E-state index is 11.9. The summed E-state index contributed by atoms with van der Waals surface area (Å²) in [5.74, 6) is -0.658. The molecule has 0 fully saturated rings. The summed E-state index contributed by atoms with van der Waals surface area (Å²) < 4.78 is 0. The Labute approximate surface area is 130 Å². The topological polar surface area (TPSA) is 78.4 Å². The first-order valence-corrected chi connectivity index (χ1v) is 6.58. The first-order valence-electron chi connectivity index (χ1n) is 5.82. The molecule has 5 nitrogen and oxygen atoms in total. The van der Waals surface area contributed by atoms with Gasteiger partial charge in [0.25, 0.3) is 5.91 Å². The number of phenols is 1. The molecule has 3 amide bonds. The van der Waals surface area contributed by atoms with Crippen LogP contribution in [0.15, 0.2) is 42.5 Å². The minimum atomic E-state index is -0.739. The highest BCUT2D eigenvalue weighted by Gasteiger charge is 2.14. The predicted molar refractivity (Wildman–Crippen MR) is 81.1 cm³/mol. The number of carbonyl (C=O) groups excluding carboxylic acids is 2. The molecule has 3 N–H and O–H groups in total. The van der Waals surface area contributed by atoms with E-state index in [4.69, 9.17) is 23.2 Å². The summed E-state index contributed by atoms with van der Waals surface area (Å²) in [6, 6.07) is 9.52. The second-order valence-corrected chi connectivity index (χ2v) is 4.93. The molecule has 0 radical (unpaired) electrons. The van der Waals surface area contributed by atoms with Crippen LogP contribution < -0.4 is 10.6 Å². The fourth-order valence-electron chi connectivity index (χ4n) is 1.59. The highest BCUT2D eigenvalue weighted by Crippen LogP contribution is 2.21. The minimum Gasteiger partial charge on any atom is -0.508 e. The number of rotatable bonds is 2. The molecule has 21 heavy (non-hydrogen) atoms. The lowest BCUT2D eigenvalue weighted by Crippen LogP contribution is -2.34. The third-order valence-electron chi connectivity index (χ3n) is 2.51. The molecule has 0 aromatic heterocycles. The molecule has 0 aliphatic rings. The number of nitrogens with one attached hydrogen (secondary N) is 2. The van der Waals surface area contributed by atoms with Crippen molar-refractivity contribution in [2.45, 2.75) is 0 Å². The van der Waals surface area contributed by atoms with E-state index in [1.807, 2.05) is 0 Å². The highest BCUT2D eigenvalue weighted by molar-refractivity contribution is 6.37. The first kappa shape index (κ1) is 15.2. The van der Waals surface area contributed by atoms with E-state index in [1.165, 1.54) is 30.3 Å². The summed E-state index contributed by atoms with van der Waals surface area (Å²) in [5, 5.41) is 14.4. The lowest BCUT2D eigenvalue weighted by atomic mass is 10.2. The van der Waals surface area contributed by atoms with E-state index in [-0.39, 0.29) is 16.3 Å². The number of aromatic hydroxyl groups is 1. The van der Waals surface area contributed by atoms with Gasteiger partial charge < -0.3 is 10.4 Å². The molecular weight excluding hydrogens is 315 g/mol. The van der Waals surface area contributed by atoms with E-state index in [1.54, 1.807) is 12.1 Å². The molecule has 7 heteroatoms. The molecule has 2 aromatic carbocycles. The monoisotopic (exact) mass is 324 g/mol. The van der Waals surface area contributed by atoms with Gasteiger partial charge in [-0.25, -0.2) is 4.79 Å². The zero-order valence-corrected chi connectivity index (χ0v) is 12.1. The predicted octanol–water partition coefficient (Wildman–Crippen LogP) is 3.66. The van der Waals surface area contributed by atoms with Crippen molar-refractivity contribution in [1.82, 2.24) is 5.32 Å². The van der Waals surface area contributed by atoms with E-state index >= 15 is 0 Å². The Morgan fingerprint density at radius 3 is 2.48 bits per heavy atom. The first-order chi connectivity index (χ1) is 9.95. The smallest absolute Gasteiger partial charge is 0.326 e. The average Bonchev–Trinajstić information content (AvgIpc) is 2.38. The van der Waals surface area contributed by atoms with Gasteiger partial charge in [0, 0.05) is 16.8 Å². The number of urea groups is 1. The van der Waals surface area contributed by atoms with Crippen molar-refractivity contribution in [2.75, 3.05) is 5.32 Å². The van der Waals surface area contributed by atoms with Crippen molar-refractivity contribution in [3.05, 3.63) is 58.1 Å². The maximum Gasteiger partial charge on any atom is 0.326 e. The molecular formula is C14H10Cl2N2O3. The number of carbonyl (C=O) groups is 2. The van der Waals surface area contributed by atoms with Gasteiger partial charge in [0.1, 0.15) is 5.75 Å². The lowest BCUT2D eigenvalue weighted by Gasteiger charge is -2.08. The van der Waals surface area contributed by atoms with Gasteiger partial charge in [-0.15, -0.1) is 0 Å². The molecule has 0 unspecified atom stereocenters. The molecule has 108 valence electrons. The number of hydrogen-bond acceptors (Lipinski definition) is 3. The van der Waals surface area contributed by atoms with E-state index in [0.29, 0.717) is 10.7 Å². The van der Waals surface area contributed by atoms with E-state index in [2.05, 4.69) is 10.6 Å². The highest BCUT2D eigenvalue weighted by atomic mass is 35.5. The number of phenolic OH excluding ortho intramolecular Hbond substituents is 1. The fourth-order valence-corrected chi connectivity index (χ4v) is 2.08. The third-order valence-corrected chi connectivity index (χ3v) is 3.05. The van der Waals surface area contributed by atoms with Crippen LogP contribution in [0.1, 0.15) is 10.4 Å². The Balaban J connectivity index is 2.04. The van der Waals surface area contributed by atoms with Crippen LogP contribution in [-0.2, 0) is 0 Å². The van der Waals surface area contributed by atoms with Gasteiger partial charge >= 0.3 is 6.03 Å². The molecule has 2 aromatic rings. The van der Waals surface area contributed by atoms with Crippen molar-refractivity contribution < 1.29 is 14.7 Å². The average molecular weight is 325 g/mol. The zero-order chi connectivity index (χ0) is 15.4. The molecule has 0 atom stereocenters. The summed E-state index contributed by atoms with van der Waals surface area (Å²) in [7, 11) is 0. The Morgan fingerprint density at radius 1 is 1.05 bits per heavy atom. The quantitative estimate of drug-likeness (QED) is 0.788. The van der Waals surface area contributed by atoms with Gasteiger partial charge in [0.15, 0.2) is 0 Å². The molecule has 0 spiro atoms. The summed E-state index contributed by atoms with van der Waals surface area (Å²) in [5.41, 5.74) is 0.481. The van der Waals surface area contributed by atoms with E-state index < -0.39 is 11.9 Å². The molecule has 0 saturated heterocycles. The van der Waals surface area contributed by atoms with E-state index in [9.17, 15) is 14.7 Å². The zero-order valence-electron chi connectivity index (χ0n) is 10.6. The lowest BCUT2D eigenvalue weighted by molar-refractivity contribution is 0.0967. The third kappa shape index (κ3) is 4.11. The van der Waals surface area contributed by atoms with Crippen LogP contribution in [0.4, 0.5) is 10.5 Å². The summed E-state index contributed by atoms with van der Waals surface area (Å²) in [6.45, 7) is 0. The fraction of sp³-hybridized carbons (Fsp3) is 0. The molecule has 0 heterocycles. The minimum absolute atomic E-state index is 0.000118. The number of hydrogen-bond donors (Lipinski definition) is 3. The van der Waals surface area contributed by atoms with Gasteiger partial charge in [0.05, 0.1) is 10.6 Å². The Kier molecular flexibility index (Phi) is 4.67. The second kappa shape index (κ2) is 6.47. The van der Waals surface area contributed by atoms with Crippen molar-refractivity contribution in [3.8, 4) is 5.75 Å². The van der Waals surface area contributed by atoms with Crippen molar-refractivity contribution >= 4 is 40.8 Å². The van der Waals surface area contributed by atoms with Crippen molar-refractivity contribution in [2.24, 2.45) is 0 Å². The van der Waals surface area contributed by atoms with Crippen LogP contribution in [0.3, 0.4) is 0 Å². The number of amides is 3. The number of halogens is 2. The Morgan fingerprint density at radius 2 is 1.81 bits per heavy atom. The standard InChI is InChI=1S/C14H10Cl2N2O3/c15-8-4-5-11(12(16)6-8)13(20)18-14(21)17-9-2-1-3-10(19)7-9/h1-7,19H,(H2,17,18,20,21). The van der Waals surface area contributed by atoms with Crippen molar-refractivity contribution in [1.29, 1.82) is 0 Å².